The van der Waals surface area contributed by atoms with Gasteiger partial charge < -0.3 is 15.6 Å². The minimum atomic E-state index is -0.969. The Balaban J connectivity index is 2.04. The first-order valence-corrected chi connectivity index (χ1v) is 6.58. The van der Waals surface area contributed by atoms with E-state index in [1.165, 1.54) is 18.3 Å². The quantitative estimate of drug-likeness (QED) is 0.815. The standard InChI is InChI=1S/C15H15F2N3O2/c1-8-5-14(21)18-7-13(8)20-15(22)19-9(2)10-3-4-11(16)12(17)6-10/h3-7,9H,1-2H3,(H,18,21)(H2,19,20,22). The van der Waals surface area contributed by atoms with Gasteiger partial charge in [0.1, 0.15) is 0 Å². The number of aromatic amines is 1. The molecule has 0 saturated heterocycles. The first-order valence-electron chi connectivity index (χ1n) is 6.58. The molecule has 1 aromatic heterocycles. The SMILES string of the molecule is Cc1cc(=O)[nH]cc1NC(=O)NC(C)c1ccc(F)c(F)c1. The molecule has 0 bridgehead atoms. The Bertz CT molecular complexity index is 759. The van der Waals surface area contributed by atoms with E-state index < -0.39 is 23.7 Å². The minimum Gasteiger partial charge on any atom is -0.331 e. The topological polar surface area (TPSA) is 74.0 Å². The largest absolute Gasteiger partial charge is 0.331 e. The fourth-order valence-electron chi connectivity index (χ4n) is 1.93. The fraction of sp³-hybridized carbons (Fsp3) is 0.200. The van der Waals surface area contributed by atoms with Gasteiger partial charge in [-0.2, -0.15) is 0 Å². The summed E-state index contributed by atoms with van der Waals surface area (Å²) in [6.45, 7) is 3.33. The van der Waals surface area contributed by atoms with Gasteiger partial charge in [-0.3, -0.25) is 4.79 Å². The molecule has 1 atom stereocenters. The van der Waals surface area contributed by atoms with Gasteiger partial charge in [-0.1, -0.05) is 6.07 Å². The highest BCUT2D eigenvalue weighted by molar-refractivity contribution is 5.90. The van der Waals surface area contributed by atoms with Crippen molar-refractivity contribution in [2.75, 3.05) is 5.32 Å². The van der Waals surface area contributed by atoms with Crippen molar-refractivity contribution in [2.24, 2.45) is 0 Å². The lowest BCUT2D eigenvalue weighted by Gasteiger charge is -2.16. The second kappa shape index (κ2) is 6.38. The van der Waals surface area contributed by atoms with Crippen LogP contribution in [0.5, 0.6) is 0 Å². The van der Waals surface area contributed by atoms with Crippen LogP contribution in [-0.4, -0.2) is 11.0 Å². The molecular formula is C15H15F2N3O2. The smallest absolute Gasteiger partial charge is 0.319 e. The average molecular weight is 307 g/mol. The summed E-state index contributed by atoms with van der Waals surface area (Å²) in [4.78, 5) is 25.5. The maximum atomic E-state index is 13.2. The third-order valence-electron chi connectivity index (χ3n) is 3.17. The summed E-state index contributed by atoms with van der Waals surface area (Å²) in [5, 5.41) is 5.18. The van der Waals surface area contributed by atoms with Crippen molar-refractivity contribution in [3.8, 4) is 0 Å². The van der Waals surface area contributed by atoms with E-state index in [1.54, 1.807) is 13.8 Å². The van der Waals surface area contributed by atoms with Gasteiger partial charge in [0.15, 0.2) is 11.6 Å². The van der Waals surface area contributed by atoms with Crippen LogP contribution in [0.4, 0.5) is 19.3 Å². The number of benzene rings is 1. The van der Waals surface area contributed by atoms with E-state index in [0.717, 1.165) is 12.1 Å². The molecule has 0 fully saturated rings. The van der Waals surface area contributed by atoms with Gasteiger partial charge in [-0.15, -0.1) is 0 Å². The zero-order valence-electron chi connectivity index (χ0n) is 12.0. The number of rotatable bonds is 3. The predicted octanol–water partition coefficient (Wildman–Crippen LogP) is 2.84. The summed E-state index contributed by atoms with van der Waals surface area (Å²) in [6, 6.07) is 3.76. The van der Waals surface area contributed by atoms with Crippen LogP contribution in [0.2, 0.25) is 0 Å². The van der Waals surface area contributed by atoms with Gasteiger partial charge in [0.25, 0.3) is 0 Å². The van der Waals surface area contributed by atoms with Crippen LogP contribution in [0, 0.1) is 18.6 Å². The van der Waals surface area contributed by atoms with E-state index in [4.69, 9.17) is 0 Å². The molecule has 1 unspecified atom stereocenters. The van der Waals surface area contributed by atoms with Crippen LogP contribution < -0.4 is 16.2 Å². The van der Waals surface area contributed by atoms with Gasteiger partial charge in [0.2, 0.25) is 5.56 Å². The highest BCUT2D eigenvalue weighted by Gasteiger charge is 2.12. The summed E-state index contributed by atoms with van der Waals surface area (Å²) in [5.74, 6) is -1.91. The van der Waals surface area contributed by atoms with Crippen molar-refractivity contribution in [3.05, 3.63) is 63.6 Å². The Morgan fingerprint density at radius 3 is 2.59 bits per heavy atom. The van der Waals surface area contributed by atoms with Gasteiger partial charge >= 0.3 is 6.03 Å². The molecule has 2 amide bonds. The number of nitrogens with one attached hydrogen (secondary N) is 3. The normalized spacial score (nSPS) is 11.8. The van der Waals surface area contributed by atoms with E-state index in [0.29, 0.717) is 16.8 Å². The van der Waals surface area contributed by atoms with Gasteiger partial charge in [-0.05, 0) is 37.1 Å². The third kappa shape index (κ3) is 3.69. The Labute approximate surface area is 125 Å². The number of aromatic nitrogens is 1. The molecular weight excluding hydrogens is 292 g/mol. The number of carbonyl (C=O) groups is 1. The number of amides is 2. The Morgan fingerprint density at radius 2 is 1.95 bits per heavy atom. The summed E-state index contributed by atoms with van der Waals surface area (Å²) >= 11 is 0. The van der Waals surface area contributed by atoms with E-state index in [2.05, 4.69) is 15.6 Å². The summed E-state index contributed by atoms with van der Waals surface area (Å²) in [6.07, 6.45) is 1.39. The molecule has 0 aliphatic rings. The number of anilines is 1. The van der Waals surface area contributed by atoms with Gasteiger partial charge in [0.05, 0.1) is 11.7 Å². The van der Waals surface area contributed by atoms with Crippen LogP contribution >= 0.6 is 0 Å². The number of hydrogen-bond donors (Lipinski definition) is 3. The molecule has 0 saturated carbocycles. The van der Waals surface area contributed by atoms with E-state index in [-0.39, 0.29) is 5.56 Å². The maximum absolute atomic E-state index is 13.2. The molecule has 2 rings (SSSR count). The molecule has 0 aliphatic carbocycles. The molecule has 0 spiro atoms. The number of carbonyl (C=O) groups excluding carboxylic acids is 1. The lowest BCUT2D eigenvalue weighted by molar-refractivity contribution is 0.249. The van der Waals surface area contributed by atoms with Gasteiger partial charge in [-0.25, -0.2) is 13.6 Å². The number of halogens is 2. The number of urea groups is 1. The lowest BCUT2D eigenvalue weighted by Crippen LogP contribution is -2.31. The Hall–Kier alpha value is -2.70. The van der Waals surface area contributed by atoms with Crippen LogP contribution in [-0.2, 0) is 0 Å². The van der Waals surface area contributed by atoms with Crippen LogP contribution in [0.25, 0.3) is 0 Å². The monoisotopic (exact) mass is 307 g/mol. The second-order valence-corrected chi connectivity index (χ2v) is 4.89. The first-order chi connectivity index (χ1) is 10.4. The Morgan fingerprint density at radius 1 is 1.23 bits per heavy atom. The number of aryl methyl sites for hydroxylation is 1. The van der Waals surface area contributed by atoms with E-state index in [1.807, 2.05) is 0 Å². The van der Waals surface area contributed by atoms with Crippen LogP contribution in [0.1, 0.15) is 24.1 Å². The van der Waals surface area contributed by atoms with E-state index >= 15 is 0 Å². The molecule has 7 heteroatoms. The molecule has 1 aromatic carbocycles. The molecule has 2 aromatic rings. The number of pyridine rings is 1. The number of hydrogen-bond acceptors (Lipinski definition) is 2. The highest BCUT2D eigenvalue weighted by atomic mass is 19.2. The van der Waals surface area contributed by atoms with Crippen molar-refractivity contribution in [1.29, 1.82) is 0 Å². The molecule has 1 heterocycles. The molecule has 5 nitrogen and oxygen atoms in total. The average Bonchev–Trinajstić information content (AvgIpc) is 2.45. The number of H-pyrrole nitrogens is 1. The molecule has 0 aliphatic heterocycles. The molecule has 22 heavy (non-hydrogen) atoms. The van der Waals surface area contributed by atoms with Crippen molar-refractivity contribution < 1.29 is 13.6 Å². The zero-order chi connectivity index (χ0) is 16.3. The summed E-state index contributed by atoms with van der Waals surface area (Å²) in [7, 11) is 0. The van der Waals surface area contributed by atoms with E-state index in [9.17, 15) is 18.4 Å². The predicted molar refractivity (Wildman–Crippen MR) is 78.7 cm³/mol. The molecule has 3 N–H and O–H groups in total. The second-order valence-electron chi connectivity index (χ2n) is 4.89. The lowest BCUT2D eigenvalue weighted by atomic mass is 10.1. The van der Waals surface area contributed by atoms with Crippen molar-refractivity contribution in [1.82, 2.24) is 10.3 Å². The third-order valence-corrected chi connectivity index (χ3v) is 3.17. The van der Waals surface area contributed by atoms with Crippen molar-refractivity contribution in [3.63, 3.8) is 0 Å². The maximum Gasteiger partial charge on any atom is 0.319 e. The first kappa shape index (κ1) is 15.7. The minimum absolute atomic E-state index is 0.265. The summed E-state index contributed by atoms with van der Waals surface area (Å²) < 4.78 is 26.1. The fourth-order valence-corrected chi connectivity index (χ4v) is 1.93. The van der Waals surface area contributed by atoms with Gasteiger partial charge in [0, 0.05) is 12.3 Å². The molecule has 0 radical (unpaired) electrons. The molecule has 116 valence electrons. The van der Waals surface area contributed by atoms with Crippen LogP contribution in [0.3, 0.4) is 0 Å². The Kier molecular flexibility index (Phi) is 4.55. The van der Waals surface area contributed by atoms with Crippen molar-refractivity contribution >= 4 is 11.7 Å². The highest BCUT2D eigenvalue weighted by Crippen LogP contribution is 2.16. The zero-order valence-corrected chi connectivity index (χ0v) is 12.0. The van der Waals surface area contributed by atoms with Crippen LogP contribution in [0.15, 0.2) is 35.3 Å². The van der Waals surface area contributed by atoms with Crippen molar-refractivity contribution in [2.45, 2.75) is 19.9 Å². The summed E-state index contributed by atoms with van der Waals surface area (Å²) in [5.41, 5.74) is 1.24.